The third-order valence-electron chi connectivity index (χ3n) is 3.25. The summed E-state index contributed by atoms with van der Waals surface area (Å²) in [6.07, 6.45) is 0. The second-order valence-electron chi connectivity index (χ2n) is 5.13. The lowest BCUT2D eigenvalue weighted by molar-refractivity contribution is 0.616. The van der Waals surface area contributed by atoms with Crippen LogP contribution < -0.4 is 10.6 Å². The van der Waals surface area contributed by atoms with E-state index in [1.165, 1.54) is 6.07 Å². The van der Waals surface area contributed by atoms with Gasteiger partial charge in [-0.25, -0.2) is 4.39 Å². The molecule has 0 fully saturated rings. The maximum absolute atomic E-state index is 14.1. The minimum absolute atomic E-state index is 0.165. The zero-order valence-corrected chi connectivity index (χ0v) is 12.1. The van der Waals surface area contributed by atoms with E-state index in [1.54, 1.807) is 6.07 Å². The number of aromatic nitrogens is 1. The molecule has 0 aliphatic rings. The number of nitrogens with two attached hydrogens (primary N) is 1. The maximum atomic E-state index is 14.1. The number of halogens is 1. The van der Waals surface area contributed by atoms with Crippen molar-refractivity contribution in [3.05, 3.63) is 59.2 Å². The molecule has 0 radical (unpaired) electrons. The number of hydrogen-bond acceptors (Lipinski definition) is 3. The van der Waals surface area contributed by atoms with Gasteiger partial charge in [-0.3, -0.25) is 4.98 Å². The fraction of sp³-hybridized carbons (Fsp3) is 0.312. The van der Waals surface area contributed by atoms with Gasteiger partial charge in [0, 0.05) is 18.8 Å². The summed E-state index contributed by atoms with van der Waals surface area (Å²) in [7, 11) is 1.86. The van der Waals surface area contributed by atoms with Crippen molar-refractivity contribution >= 4 is 5.69 Å². The molecule has 1 aromatic carbocycles. The van der Waals surface area contributed by atoms with Gasteiger partial charge in [0.2, 0.25) is 0 Å². The molecule has 1 atom stereocenters. The van der Waals surface area contributed by atoms with Crippen molar-refractivity contribution in [1.29, 1.82) is 0 Å². The Kier molecular flexibility index (Phi) is 4.35. The molecule has 3 nitrogen and oxygen atoms in total. The summed E-state index contributed by atoms with van der Waals surface area (Å²) < 4.78 is 14.1. The fourth-order valence-electron chi connectivity index (χ4n) is 2.13. The van der Waals surface area contributed by atoms with Crippen LogP contribution in [0.2, 0.25) is 0 Å². The van der Waals surface area contributed by atoms with E-state index in [4.69, 9.17) is 5.73 Å². The SMILES string of the molecule is Cc1cccc(CN(C)c2ccc(C(C)N)cc2F)n1. The molecule has 2 N–H and O–H groups in total. The molecule has 4 heteroatoms. The summed E-state index contributed by atoms with van der Waals surface area (Å²) in [4.78, 5) is 6.28. The minimum Gasteiger partial charge on any atom is -0.366 e. The van der Waals surface area contributed by atoms with E-state index in [0.29, 0.717) is 12.2 Å². The van der Waals surface area contributed by atoms with Gasteiger partial charge < -0.3 is 10.6 Å². The van der Waals surface area contributed by atoms with Crippen LogP contribution in [0.4, 0.5) is 10.1 Å². The van der Waals surface area contributed by atoms with E-state index in [1.807, 2.05) is 50.1 Å². The molecule has 1 aromatic heterocycles. The minimum atomic E-state index is -0.255. The van der Waals surface area contributed by atoms with E-state index < -0.39 is 0 Å². The van der Waals surface area contributed by atoms with Gasteiger partial charge in [-0.2, -0.15) is 0 Å². The smallest absolute Gasteiger partial charge is 0.146 e. The van der Waals surface area contributed by atoms with Crippen molar-refractivity contribution < 1.29 is 4.39 Å². The van der Waals surface area contributed by atoms with Crippen LogP contribution in [0.15, 0.2) is 36.4 Å². The Labute approximate surface area is 119 Å². The third kappa shape index (κ3) is 3.33. The number of anilines is 1. The largest absolute Gasteiger partial charge is 0.366 e. The van der Waals surface area contributed by atoms with Crippen LogP contribution >= 0.6 is 0 Å². The van der Waals surface area contributed by atoms with E-state index in [-0.39, 0.29) is 11.9 Å². The third-order valence-corrected chi connectivity index (χ3v) is 3.25. The molecule has 0 spiro atoms. The summed E-state index contributed by atoms with van der Waals surface area (Å²) in [5.74, 6) is -0.255. The van der Waals surface area contributed by atoms with Crippen LogP contribution in [0, 0.1) is 12.7 Å². The first-order chi connectivity index (χ1) is 9.47. The molecule has 0 amide bonds. The van der Waals surface area contributed by atoms with Crippen molar-refractivity contribution in [2.75, 3.05) is 11.9 Å². The zero-order chi connectivity index (χ0) is 14.7. The van der Waals surface area contributed by atoms with Gasteiger partial charge in [0.1, 0.15) is 5.82 Å². The summed E-state index contributed by atoms with van der Waals surface area (Å²) in [5.41, 5.74) is 8.99. The highest BCUT2D eigenvalue weighted by Gasteiger charge is 2.11. The average Bonchev–Trinajstić information content (AvgIpc) is 2.38. The lowest BCUT2D eigenvalue weighted by Crippen LogP contribution is -2.19. The van der Waals surface area contributed by atoms with Gasteiger partial charge in [0.25, 0.3) is 0 Å². The Morgan fingerprint density at radius 2 is 2.05 bits per heavy atom. The fourth-order valence-corrected chi connectivity index (χ4v) is 2.13. The number of benzene rings is 1. The van der Waals surface area contributed by atoms with Crippen LogP contribution in [-0.4, -0.2) is 12.0 Å². The first kappa shape index (κ1) is 14.5. The molecule has 0 saturated carbocycles. The molecule has 1 heterocycles. The number of nitrogens with zero attached hydrogens (tertiary/aromatic N) is 2. The van der Waals surface area contributed by atoms with E-state index in [0.717, 1.165) is 17.0 Å². The Hall–Kier alpha value is -1.94. The molecule has 20 heavy (non-hydrogen) atoms. The first-order valence-corrected chi connectivity index (χ1v) is 6.66. The van der Waals surface area contributed by atoms with Crippen LogP contribution in [0.1, 0.15) is 29.9 Å². The zero-order valence-electron chi connectivity index (χ0n) is 12.1. The van der Waals surface area contributed by atoms with Crippen molar-refractivity contribution in [3.63, 3.8) is 0 Å². The summed E-state index contributed by atoms with van der Waals surface area (Å²) in [6.45, 7) is 4.35. The number of aryl methyl sites for hydroxylation is 1. The van der Waals surface area contributed by atoms with Crippen molar-refractivity contribution in [2.45, 2.75) is 26.4 Å². The van der Waals surface area contributed by atoms with Gasteiger partial charge in [0.15, 0.2) is 0 Å². The lowest BCUT2D eigenvalue weighted by Gasteiger charge is -2.20. The molecule has 106 valence electrons. The normalized spacial score (nSPS) is 12.2. The predicted molar refractivity (Wildman–Crippen MR) is 80.1 cm³/mol. The van der Waals surface area contributed by atoms with Gasteiger partial charge in [-0.15, -0.1) is 0 Å². The molecule has 2 rings (SSSR count). The van der Waals surface area contributed by atoms with Crippen molar-refractivity contribution in [2.24, 2.45) is 5.73 Å². The Morgan fingerprint density at radius 1 is 1.30 bits per heavy atom. The van der Waals surface area contributed by atoms with Crippen LogP contribution in [-0.2, 0) is 6.54 Å². The molecule has 1 unspecified atom stereocenters. The van der Waals surface area contributed by atoms with E-state index in [2.05, 4.69) is 4.98 Å². The Bertz CT molecular complexity index is 596. The average molecular weight is 273 g/mol. The summed E-state index contributed by atoms with van der Waals surface area (Å²) in [5, 5.41) is 0. The number of hydrogen-bond donors (Lipinski definition) is 1. The summed E-state index contributed by atoms with van der Waals surface area (Å²) >= 11 is 0. The molecule has 0 bridgehead atoms. The maximum Gasteiger partial charge on any atom is 0.146 e. The van der Waals surface area contributed by atoms with Crippen LogP contribution in [0.3, 0.4) is 0 Å². The molecule has 0 aliphatic carbocycles. The van der Waals surface area contributed by atoms with Crippen LogP contribution in [0.5, 0.6) is 0 Å². The molecule has 0 aliphatic heterocycles. The second-order valence-corrected chi connectivity index (χ2v) is 5.13. The Balaban J connectivity index is 2.19. The lowest BCUT2D eigenvalue weighted by atomic mass is 10.1. The van der Waals surface area contributed by atoms with Crippen LogP contribution in [0.25, 0.3) is 0 Å². The van der Waals surface area contributed by atoms with Gasteiger partial charge >= 0.3 is 0 Å². The topological polar surface area (TPSA) is 42.1 Å². The van der Waals surface area contributed by atoms with Gasteiger partial charge in [0.05, 0.1) is 17.9 Å². The summed E-state index contributed by atoms with van der Waals surface area (Å²) in [6, 6.07) is 10.8. The molecular formula is C16H20FN3. The standard InChI is InChI=1S/C16H20FN3/c1-11-5-4-6-14(19-11)10-20(3)16-8-7-13(12(2)18)9-15(16)17/h4-9,12H,10,18H2,1-3H3. The van der Waals surface area contributed by atoms with E-state index in [9.17, 15) is 4.39 Å². The molecule has 2 aromatic rings. The predicted octanol–water partition coefficient (Wildman–Crippen LogP) is 3.19. The highest BCUT2D eigenvalue weighted by Crippen LogP contribution is 2.23. The molecular weight excluding hydrogens is 253 g/mol. The molecule has 0 saturated heterocycles. The van der Waals surface area contributed by atoms with Crippen molar-refractivity contribution in [3.8, 4) is 0 Å². The number of pyridine rings is 1. The first-order valence-electron chi connectivity index (χ1n) is 6.66. The second kappa shape index (κ2) is 6.01. The Morgan fingerprint density at radius 3 is 2.65 bits per heavy atom. The number of rotatable bonds is 4. The van der Waals surface area contributed by atoms with Gasteiger partial charge in [-0.1, -0.05) is 12.1 Å². The van der Waals surface area contributed by atoms with Gasteiger partial charge in [-0.05, 0) is 43.7 Å². The monoisotopic (exact) mass is 273 g/mol. The quantitative estimate of drug-likeness (QED) is 0.930. The van der Waals surface area contributed by atoms with Crippen molar-refractivity contribution in [1.82, 2.24) is 4.98 Å². The highest BCUT2D eigenvalue weighted by atomic mass is 19.1. The highest BCUT2D eigenvalue weighted by molar-refractivity contribution is 5.49. The van der Waals surface area contributed by atoms with E-state index >= 15 is 0 Å².